The van der Waals surface area contributed by atoms with E-state index < -0.39 is 0 Å². The van der Waals surface area contributed by atoms with E-state index in [9.17, 15) is 0 Å². The molecule has 4 aromatic rings. The fourth-order valence-corrected chi connectivity index (χ4v) is 2.71. The minimum absolute atomic E-state index is 0.319. The molecule has 0 aliphatic carbocycles. The van der Waals surface area contributed by atoms with Crippen LogP contribution in [0.4, 0.5) is 5.69 Å². The van der Waals surface area contributed by atoms with Crippen LogP contribution in [-0.2, 0) is 6.54 Å². The van der Waals surface area contributed by atoms with Gasteiger partial charge in [0.15, 0.2) is 11.8 Å². The van der Waals surface area contributed by atoms with Gasteiger partial charge in [-0.2, -0.15) is 5.10 Å². The molecular weight excluding hydrogens is 364 g/mol. The maximum absolute atomic E-state index is 6.05. The van der Waals surface area contributed by atoms with Gasteiger partial charge < -0.3 is 15.8 Å². The summed E-state index contributed by atoms with van der Waals surface area (Å²) in [5.74, 6) is 2.54. The summed E-state index contributed by atoms with van der Waals surface area (Å²) in [6, 6.07) is 22.9. The molecule has 0 spiro atoms. The molecule has 0 radical (unpaired) electrons. The Morgan fingerprint density at radius 1 is 0.966 bits per heavy atom. The lowest BCUT2D eigenvalue weighted by Gasteiger charge is -2.09. The third kappa shape index (κ3) is 4.98. The quantitative estimate of drug-likeness (QED) is 0.387. The van der Waals surface area contributed by atoms with E-state index in [0.717, 1.165) is 22.8 Å². The van der Waals surface area contributed by atoms with Crippen molar-refractivity contribution in [3.8, 4) is 17.3 Å². The highest BCUT2D eigenvalue weighted by Gasteiger charge is 2.02. The third-order valence-electron chi connectivity index (χ3n) is 4.07. The smallest absolute Gasteiger partial charge is 0.193 e. The number of hydrogen-bond donors (Lipinski definition) is 2. The number of para-hydroxylation sites is 1. The molecule has 7 heteroatoms. The largest absolute Gasteiger partial charge is 0.457 e. The maximum atomic E-state index is 6.05. The van der Waals surface area contributed by atoms with E-state index in [2.05, 4.69) is 20.4 Å². The number of nitrogens with one attached hydrogen (secondary N) is 1. The van der Waals surface area contributed by atoms with Crippen molar-refractivity contribution in [2.24, 2.45) is 10.7 Å². The Morgan fingerprint density at radius 2 is 1.83 bits per heavy atom. The summed E-state index contributed by atoms with van der Waals surface area (Å²) in [6.45, 7) is 0.426. The molecule has 144 valence electrons. The number of benzene rings is 2. The number of hydrogen-bond acceptors (Lipinski definition) is 4. The van der Waals surface area contributed by atoms with Crippen LogP contribution in [0.25, 0.3) is 5.82 Å². The summed E-state index contributed by atoms with van der Waals surface area (Å²) < 4.78 is 7.54. The normalized spacial score (nSPS) is 11.2. The summed E-state index contributed by atoms with van der Waals surface area (Å²) in [5, 5.41) is 7.28. The van der Waals surface area contributed by atoms with Crippen LogP contribution >= 0.6 is 0 Å². The average molecular weight is 384 g/mol. The molecular formula is C22H20N6O. The number of nitrogens with zero attached hydrogens (tertiary/aromatic N) is 4. The number of ether oxygens (including phenoxy) is 1. The van der Waals surface area contributed by atoms with Gasteiger partial charge in [-0.25, -0.2) is 14.7 Å². The van der Waals surface area contributed by atoms with Crippen molar-refractivity contribution < 1.29 is 4.74 Å². The average Bonchev–Trinajstić information content (AvgIpc) is 3.29. The SMILES string of the molecule is NC(=NCc1ccnc(-n2cccn2)c1)Nc1cccc(Oc2ccccc2)c1. The standard InChI is InChI=1S/C22H20N6O/c23-22(25-16-17-10-12-24-21(14-17)28-13-5-11-26-28)27-18-6-4-9-20(15-18)29-19-7-2-1-3-8-19/h1-15H,16H2,(H3,23,25,27). The lowest BCUT2D eigenvalue weighted by molar-refractivity contribution is 0.483. The van der Waals surface area contributed by atoms with Gasteiger partial charge >= 0.3 is 0 Å². The van der Waals surface area contributed by atoms with Crippen molar-refractivity contribution in [1.82, 2.24) is 14.8 Å². The topological polar surface area (TPSA) is 90.4 Å². The van der Waals surface area contributed by atoms with E-state index in [-0.39, 0.29) is 0 Å². The molecule has 0 amide bonds. The molecule has 0 saturated heterocycles. The molecule has 29 heavy (non-hydrogen) atoms. The molecule has 2 aromatic heterocycles. The Bertz CT molecular complexity index is 1090. The lowest BCUT2D eigenvalue weighted by atomic mass is 10.2. The first-order valence-corrected chi connectivity index (χ1v) is 9.11. The number of anilines is 1. The summed E-state index contributed by atoms with van der Waals surface area (Å²) in [6.07, 6.45) is 5.29. The van der Waals surface area contributed by atoms with E-state index in [1.165, 1.54) is 0 Å². The van der Waals surface area contributed by atoms with E-state index >= 15 is 0 Å². The minimum Gasteiger partial charge on any atom is -0.457 e. The highest BCUT2D eigenvalue weighted by Crippen LogP contribution is 2.23. The zero-order chi connectivity index (χ0) is 19.9. The highest BCUT2D eigenvalue weighted by molar-refractivity contribution is 5.92. The molecule has 0 fully saturated rings. The molecule has 0 bridgehead atoms. The second kappa shape index (κ2) is 8.71. The van der Waals surface area contributed by atoms with Crippen LogP contribution in [0.5, 0.6) is 11.5 Å². The number of rotatable bonds is 6. The van der Waals surface area contributed by atoms with Crippen LogP contribution in [0, 0.1) is 0 Å². The molecule has 0 unspecified atom stereocenters. The van der Waals surface area contributed by atoms with Crippen LogP contribution in [0.15, 0.2) is 96.4 Å². The van der Waals surface area contributed by atoms with Crippen molar-refractivity contribution >= 4 is 11.6 Å². The molecule has 0 atom stereocenters. The van der Waals surface area contributed by atoms with Gasteiger partial charge in [-0.3, -0.25) is 0 Å². The number of nitrogens with two attached hydrogens (primary N) is 1. The number of aromatic nitrogens is 3. The Labute approximate surface area is 168 Å². The predicted molar refractivity (Wildman–Crippen MR) is 113 cm³/mol. The van der Waals surface area contributed by atoms with E-state index in [4.69, 9.17) is 10.5 Å². The number of pyridine rings is 1. The van der Waals surface area contributed by atoms with Crippen molar-refractivity contribution in [1.29, 1.82) is 0 Å². The molecule has 3 N–H and O–H groups in total. The molecule has 2 aromatic carbocycles. The van der Waals surface area contributed by atoms with Crippen LogP contribution in [-0.4, -0.2) is 20.7 Å². The van der Waals surface area contributed by atoms with Crippen LogP contribution in [0.1, 0.15) is 5.56 Å². The molecule has 0 saturated carbocycles. The third-order valence-corrected chi connectivity index (χ3v) is 4.07. The monoisotopic (exact) mass is 384 g/mol. The first-order valence-electron chi connectivity index (χ1n) is 9.11. The van der Waals surface area contributed by atoms with Gasteiger partial charge in [0.05, 0.1) is 6.54 Å². The van der Waals surface area contributed by atoms with E-state index in [0.29, 0.717) is 18.3 Å². The van der Waals surface area contributed by atoms with Gasteiger partial charge in [0.1, 0.15) is 11.5 Å². The highest BCUT2D eigenvalue weighted by atomic mass is 16.5. The summed E-state index contributed by atoms with van der Waals surface area (Å²) >= 11 is 0. The summed E-state index contributed by atoms with van der Waals surface area (Å²) in [7, 11) is 0. The molecule has 2 heterocycles. The van der Waals surface area contributed by atoms with Crippen LogP contribution < -0.4 is 15.8 Å². The van der Waals surface area contributed by atoms with Gasteiger partial charge in [-0.05, 0) is 48.0 Å². The second-order valence-corrected chi connectivity index (χ2v) is 6.24. The van der Waals surface area contributed by atoms with E-state index in [1.807, 2.05) is 79.0 Å². The van der Waals surface area contributed by atoms with Gasteiger partial charge in [0, 0.05) is 30.3 Å². The maximum Gasteiger partial charge on any atom is 0.193 e. The Hall–Kier alpha value is -4.13. The molecule has 7 nitrogen and oxygen atoms in total. The fraction of sp³-hybridized carbons (Fsp3) is 0.0455. The molecule has 0 aliphatic heterocycles. The Kier molecular flexibility index (Phi) is 5.48. The van der Waals surface area contributed by atoms with Crippen LogP contribution in [0.3, 0.4) is 0 Å². The van der Waals surface area contributed by atoms with Crippen LogP contribution in [0.2, 0.25) is 0 Å². The minimum atomic E-state index is 0.319. The zero-order valence-electron chi connectivity index (χ0n) is 15.6. The van der Waals surface area contributed by atoms with Crippen molar-refractivity contribution in [3.63, 3.8) is 0 Å². The number of aliphatic imine (C=N–C) groups is 1. The predicted octanol–water partition coefficient (Wildman–Crippen LogP) is 3.99. The van der Waals surface area contributed by atoms with Crippen molar-refractivity contribution in [2.45, 2.75) is 6.54 Å². The van der Waals surface area contributed by atoms with E-state index in [1.54, 1.807) is 17.1 Å². The first kappa shape index (κ1) is 18.2. The summed E-state index contributed by atoms with van der Waals surface area (Å²) in [5.41, 5.74) is 7.83. The zero-order valence-corrected chi connectivity index (χ0v) is 15.6. The Balaban J connectivity index is 1.40. The first-order chi connectivity index (χ1) is 14.3. The van der Waals surface area contributed by atoms with Gasteiger partial charge in [-0.15, -0.1) is 0 Å². The molecule has 4 rings (SSSR count). The van der Waals surface area contributed by atoms with Crippen molar-refractivity contribution in [3.05, 3.63) is 97.0 Å². The van der Waals surface area contributed by atoms with Crippen molar-refractivity contribution in [2.75, 3.05) is 5.32 Å². The van der Waals surface area contributed by atoms with Gasteiger partial charge in [-0.1, -0.05) is 24.3 Å². The fourth-order valence-electron chi connectivity index (χ4n) is 2.71. The molecule has 0 aliphatic rings. The Morgan fingerprint density at radius 3 is 2.66 bits per heavy atom. The second-order valence-electron chi connectivity index (χ2n) is 6.24. The number of guanidine groups is 1. The lowest BCUT2D eigenvalue weighted by Crippen LogP contribution is -2.22. The summed E-state index contributed by atoms with van der Waals surface area (Å²) in [4.78, 5) is 8.72. The van der Waals surface area contributed by atoms with Gasteiger partial charge in [0.25, 0.3) is 0 Å². The van der Waals surface area contributed by atoms with Gasteiger partial charge in [0.2, 0.25) is 0 Å².